The molecule has 0 spiro atoms. The molecule has 180 valence electrons. The molecule has 0 aliphatic heterocycles. The van der Waals surface area contributed by atoms with Crippen LogP contribution in [0, 0.1) is 0 Å². The minimum atomic E-state index is -1.55. The molecule has 0 aliphatic carbocycles. The standard InChI is InChI=1S/C15H10O5.C7H17NO5/c16-9-3-1-8(2-4-9)11-7-20-13-6-10(17)5-12(18)14(13)15(11)19;1-8-2-4(10)6(12)7(13)5(11)3-9/h1-7,16-18H;4-13H,2-3H2,1H3/t;4-,5+,6+,7+/m.0/s1. The first kappa shape index (κ1) is 26.1. The number of aromatic hydroxyl groups is 3. The minimum absolute atomic E-state index is 0.00775. The average Bonchev–Trinajstić information content (AvgIpc) is 2.78. The van der Waals surface area contributed by atoms with Crippen LogP contribution in [0.15, 0.2) is 51.9 Å². The summed E-state index contributed by atoms with van der Waals surface area (Å²) in [4.78, 5) is 12.4. The topological polar surface area (TPSA) is 204 Å². The molecule has 11 nitrogen and oxygen atoms in total. The lowest BCUT2D eigenvalue weighted by Gasteiger charge is -2.25. The fraction of sp³-hybridized carbons (Fsp3) is 0.318. The molecule has 2 aromatic carbocycles. The van der Waals surface area contributed by atoms with Crippen molar-refractivity contribution in [3.63, 3.8) is 0 Å². The van der Waals surface area contributed by atoms with Crippen LogP contribution in [0.5, 0.6) is 17.2 Å². The van der Waals surface area contributed by atoms with E-state index in [1.54, 1.807) is 19.2 Å². The van der Waals surface area contributed by atoms with E-state index in [9.17, 15) is 25.2 Å². The van der Waals surface area contributed by atoms with E-state index in [0.717, 1.165) is 6.07 Å². The number of hydrogen-bond donors (Lipinski definition) is 9. The zero-order chi connectivity index (χ0) is 24.7. The van der Waals surface area contributed by atoms with E-state index in [1.165, 1.54) is 24.5 Å². The van der Waals surface area contributed by atoms with Crippen LogP contribution in [0.2, 0.25) is 0 Å². The number of fused-ring (bicyclic) bond motifs is 1. The zero-order valence-corrected chi connectivity index (χ0v) is 17.7. The first-order valence-corrected chi connectivity index (χ1v) is 9.85. The van der Waals surface area contributed by atoms with Crippen molar-refractivity contribution in [2.45, 2.75) is 24.4 Å². The van der Waals surface area contributed by atoms with E-state index in [0.29, 0.717) is 5.56 Å². The lowest BCUT2D eigenvalue weighted by Crippen LogP contribution is -2.48. The maximum Gasteiger partial charge on any atom is 0.204 e. The van der Waals surface area contributed by atoms with Gasteiger partial charge in [-0.2, -0.15) is 0 Å². The third kappa shape index (κ3) is 6.42. The van der Waals surface area contributed by atoms with Crippen LogP contribution in [-0.2, 0) is 0 Å². The fourth-order valence-corrected chi connectivity index (χ4v) is 2.95. The van der Waals surface area contributed by atoms with Gasteiger partial charge in [-0.3, -0.25) is 4.79 Å². The fourth-order valence-electron chi connectivity index (χ4n) is 2.95. The summed E-state index contributed by atoms with van der Waals surface area (Å²) in [6.45, 7) is -0.569. The van der Waals surface area contributed by atoms with Gasteiger partial charge < -0.3 is 50.6 Å². The predicted octanol–water partition coefficient (Wildman–Crippen LogP) is -0.781. The van der Waals surface area contributed by atoms with Crippen LogP contribution >= 0.6 is 0 Å². The van der Waals surface area contributed by atoms with E-state index < -0.39 is 36.5 Å². The highest BCUT2D eigenvalue weighted by molar-refractivity contribution is 5.87. The third-order valence-electron chi connectivity index (χ3n) is 4.76. The van der Waals surface area contributed by atoms with Gasteiger partial charge in [0, 0.05) is 18.7 Å². The van der Waals surface area contributed by atoms with Gasteiger partial charge in [0.2, 0.25) is 5.43 Å². The molecule has 0 amide bonds. The lowest BCUT2D eigenvalue weighted by atomic mass is 10.0. The van der Waals surface area contributed by atoms with E-state index in [1.807, 2.05) is 0 Å². The largest absolute Gasteiger partial charge is 0.508 e. The molecule has 0 saturated heterocycles. The Labute approximate surface area is 188 Å². The highest BCUT2D eigenvalue weighted by atomic mass is 16.4. The van der Waals surface area contributed by atoms with Crippen molar-refractivity contribution in [3.05, 3.63) is 52.9 Å². The van der Waals surface area contributed by atoms with Gasteiger partial charge >= 0.3 is 0 Å². The van der Waals surface area contributed by atoms with Crippen molar-refractivity contribution in [3.8, 4) is 28.4 Å². The van der Waals surface area contributed by atoms with Gasteiger partial charge in [0.1, 0.15) is 52.8 Å². The Balaban J connectivity index is 0.000000260. The maximum absolute atomic E-state index is 12.4. The molecule has 9 N–H and O–H groups in total. The highest BCUT2D eigenvalue weighted by Gasteiger charge is 2.29. The number of aliphatic hydroxyl groups is 5. The van der Waals surface area contributed by atoms with Crippen LogP contribution in [0.3, 0.4) is 0 Å². The smallest absolute Gasteiger partial charge is 0.204 e. The van der Waals surface area contributed by atoms with E-state index >= 15 is 0 Å². The first-order valence-electron chi connectivity index (χ1n) is 9.85. The summed E-state index contributed by atoms with van der Waals surface area (Å²) in [6.07, 6.45) is -4.39. The SMILES string of the molecule is CNC[C@H](O)[C@@H](O)[C@H](O)[C@H](O)CO.O=c1c(-c2ccc(O)cc2)coc2cc(O)cc(O)c12. The molecule has 11 heteroatoms. The second-order valence-corrected chi connectivity index (χ2v) is 7.22. The summed E-state index contributed by atoms with van der Waals surface area (Å²) < 4.78 is 5.29. The van der Waals surface area contributed by atoms with Gasteiger partial charge in [0.15, 0.2) is 0 Å². The van der Waals surface area contributed by atoms with Gasteiger partial charge in [0.25, 0.3) is 0 Å². The monoisotopic (exact) mass is 465 g/mol. The lowest BCUT2D eigenvalue weighted by molar-refractivity contribution is -0.113. The summed E-state index contributed by atoms with van der Waals surface area (Å²) in [5.41, 5.74) is 0.522. The molecule has 0 saturated carbocycles. The van der Waals surface area contributed by atoms with Gasteiger partial charge in [-0.05, 0) is 24.7 Å². The number of hydrogen-bond acceptors (Lipinski definition) is 11. The van der Waals surface area contributed by atoms with Crippen molar-refractivity contribution < 1.29 is 45.3 Å². The molecule has 1 heterocycles. The number of phenols is 3. The second kappa shape index (κ2) is 11.6. The van der Waals surface area contributed by atoms with Gasteiger partial charge in [0.05, 0.1) is 18.3 Å². The molecule has 3 aromatic rings. The first-order chi connectivity index (χ1) is 15.6. The quantitative estimate of drug-likeness (QED) is 0.212. The Morgan fingerprint density at radius 1 is 0.909 bits per heavy atom. The number of rotatable bonds is 7. The Hall–Kier alpha value is -3.19. The molecule has 0 aliphatic rings. The summed E-state index contributed by atoms with van der Waals surface area (Å²) in [5, 5.41) is 75.9. The van der Waals surface area contributed by atoms with E-state index in [4.69, 9.17) is 24.8 Å². The molecule has 0 unspecified atom stereocenters. The molecule has 1 aromatic heterocycles. The molecule has 33 heavy (non-hydrogen) atoms. The number of phenolic OH excluding ortho intramolecular Hbond substituents is 3. The van der Waals surface area contributed by atoms with Crippen LogP contribution in [-0.4, -0.2) is 85.5 Å². The van der Waals surface area contributed by atoms with Gasteiger partial charge in [-0.15, -0.1) is 0 Å². The molecule has 0 radical (unpaired) electrons. The van der Waals surface area contributed by atoms with Crippen LogP contribution < -0.4 is 10.7 Å². The highest BCUT2D eigenvalue weighted by Crippen LogP contribution is 2.29. The molecular formula is C22H27NO10. The Kier molecular flexibility index (Phi) is 9.17. The molecular weight excluding hydrogens is 438 g/mol. The minimum Gasteiger partial charge on any atom is -0.508 e. The van der Waals surface area contributed by atoms with Crippen LogP contribution in [0.4, 0.5) is 0 Å². The second-order valence-electron chi connectivity index (χ2n) is 7.22. The van der Waals surface area contributed by atoms with Crippen LogP contribution in [0.25, 0.3) is 22.1 Å². The van der Waals surface area contributed by atoms with E-state index in [-0.39, 0.29) is 40.3 Å². The summed E-state index contributed by atoms with van der Waals surface area (Å²) in [6, 6.07) is 8.40. The maximum atomic E-state index is 12.4. The molecule has 0 fully saturated rings. The Morgan fingerprint density at radius 3 is 2.09 bits per heavy atom. The summed E-state index contributed by atoms with van der Waals surface area (Å²) in [5.74, 6) is -0.434. The normalized spacial score (nSPS) is 14.7. The number of aliphatic hydroxyl groups excluding tert-OH is 5. The third-order valence-corrected chi connectivity index (χ3v) is 4.76. The Morgan fingerprint density at radius 2 is 1.52 bits per heavy atom. The number of nitrogens with one attached hydrogen (secondary N) is 1. The van der Waals surface area contributed by atoms with E-state index in [2.05, 4.69) is 5.32 Å². The van der Waals surface area contributed by atoms with Crippen molar-refractivity contribution in [2.24, 2.45) is 0 Å². The predicted molar refractivity (Wildman–Crippen MR) is 118 cm³/mol. The average molecular weight is 465 g/mol. The number of likely N-dealkylation sites (N-methyl/N-ethyl adjacent to an activating group) is 1. The molecule has 3 rings (SSSR count). The van der Waals surface area contributed by atoms with Crippen molar-refractivity contribution in [1.29, 1.82) is 0 Å². The van der Waals surface area contributed by atoms with Gasteiger partial charge in [-0.1, -0.05) is 12.1 Å². The zero-order valence-electron chi connectivity index (χ0n) is 17.7. The molecule has 0 bridgehead atoms. The summed E-state index contributed by atoms with van der Waals surface area (Å²) >= 11 is 0. The Bertz CT molecular complexity index is 1100. The van der Waals surface area contributed by atoms with Crippen molar-refractivity contribution in [2.75, 3.05) is 20.2 Å². The summed E-state index contributed by atoms with van der Waals surface area (Å²) in [7, 11) is 1.57. The van der Waals surface area contributed by atoms with Crippen LogP contribution in [0.1, 0.15) is 0 Å². The number of benzene rings is 2. The van der Waals surface area contributed by atoms with Gasteiger partial charge in [-0.25, -0.2) is 0 Å². The van der Waals surface area contributed by atoms with Crippen molar-refractivity contribution in [1.82, 2.24) is 5.32 Å². The molecule has 4 atom stereocenters. The van der Waals surface area contributed by atoms with Crippen molar-refractivity contribution >= 4 is 11.0 Å².